The summed E-state index contributed by atoms with van der Waals surface area (Å²) in [7, 11) is 3.48. The minimum absolute atomic E-state index is 0.0314. The summed E-state index contributed by atoms with van der Waals surface area (Å²) >= 11 is 0. The Morgan fingerprint density at radius 1 is 1.47 bits per heavy atom. The number of carbonyl (C=O) groups excluding carboxylic acids is 1. The minimum atomic E-state index is -0.299. The summed E-state index contributed by atoms with van der Waals surface area (Å²) in [4.78, 5) is 15.8. The molecular formula is C12H18N2O3. The zero-order chi connectivity index (χ0) is 12.3. The van der Waals surface area contributed by atoms with Crippen LogP contribution < -0.4 is 0 Å². The highest BCUT2D eigenvalue weighted by Crippen LogP contribution is 2.23. The molecule has 0 N–H and O–H groups in total. The molecule has 0 aromatic carbocycles. The first-order chi connectivity index (χ1) is 8.20. The number of nitrogens with zero attached hydrogens (tertiary/aromatic N) is 2. The molecule has 2 rings (SSSR count). The first-order valence-electron chi connectivity index (χ1n) is 5.90. The van der Waals surface area contributed by atoms with Crippen LogP contribution in [0.3, 0.4) is 0 Å². The van der Waals surface area contributed by atoms with Gasteiger partial charge in [0.2, 0.25) is 0 Å². The van der Waals surface area contributed by atoms with E-state index < -0.39 is 0 Å². The third-order valence-electron chi connectivity index (χ3n) is 3.21. The van der Waals surface area contributed by atoms with E-state index in [1.807, 2.05) is 0 Å². The van der Waals surface area contributed by atoms with E-state index >= 15 is 0 Å². The molecule has 1 aromatic rings. The minimum Gasteiger partial charge on any atom is -0.458 e. The number of imidazole rings is 1. The van der Waals surface area contributed by atoms with Crippen molar-refractivity contribution >= 4 is 5.97 Å². The summed E-state index contributed by atoms with van der Waals surface area (Å²) in [5.41, 5.74) is 0.490. The van der Waals surface area contributed by atoms with Crippen LogP contribution in [0.25, 0.3) is 0 Å². The molecule has 1 aromatic heterocycles. The molecule has 1 saturated carbocycles. The predicted octanol–water partition coefficient (Wildman–Crippen LogP) is 1.53. The number of methoxy groups -OCH3 is 1. The van der Waals surface area contributed by atoms with E-state index in [0.717, 1.165) is 25.7 Å². The third-order valence-corrected chi connectivity index (χ3v) is 3.21. The number of hydrogen-bond acceptors (Lipinski definition) is 4. The summed E-state index contributed by atoms with van der Waals surface area (Å²) < 4.78 is 12.4. The highest BCUT2D eigenvalue weighted by molar-refractivity contribution is 5.87. The lowest BCUT2D eigenvalue weighted by atomic mass is 9.95. The largest absolute Gasteiger partial charge is 0.458 e. The van der Waals surface area contributed by atoms with Crippen molar-refractivity contribution in [3.05, 3.63) is 18.2 Å². The van der Waals surface area contributed by atoms with E-state index in [9.17, 15) is 4.79 Å². The summed E-state index contributed by atoms with van der Waals surface area (Å²) in [5.74, 6) is -0.299. The lowest BCUT2D eigenvalue weighted by Gasteiger charge is -2.27. The quantitative estimate of drug-likeness (QED) is 0.749. The van der Waals surface area contributed by atoms with Crippen molar-refractivity contribution in [2.75, 3.05) is 7.11 Å². The van der Waals surface area contributed by atoms with Gasteiger partial charge in [-0.25, -0.2) is 9.78 Å². The van der Waals surface area contributed by atoms with Crippen LogP contribution in [0, 0.1) is 0 Å². The van der Waals surface area contributed by atoms with E-state index in [0.29, 0.717) is 5.69 Å². The van der Waals surface area contributed by atoms with Gasteiger partial charge >= 0.3 is 5.97 Å². The number of esters is 1. The second-order valence-corrected chi connectivity index (χ2v) is 4.44. The average molecular weight is 238 g/mol. The molecule has 0 unspecified atom stereocenters. The molecule has 2 atom stereocenters. The normalized spacial score (nSPS) is 24.6. The zero-order valence-corrected chi connectivity index (χ0v) is 10.3. The van der Waals surface area contributed by atoms with Crippen LogP contribution in [0.5, 0.6) is 0 Å². The van der Waals surface area contributed by atoms with Gasteiger partial charge in [-0.2, -0.15) is 0 Å². The van der Waals surface area contributed by atoms with Gasteiger partial charge < -0.3 is 14.0 Å². The maximum Gasteiger partial charge on any atom is 0.356 e. The molecule has 5 nitrogen and oxygen atoms in total. The SMILES string of the molecule is CO[C@@H]1CCC[C@@H](OC(=O)c2cncn2C)C1. The number of carbonyl (C=O) groups is 1. The number of hydrogen-bond donors (Lipinski definition) is 0. The number of rotatable bonds is 3. The van der Waals surface area contributed by atoms with Gasteiger partial charge in [-0.15, -0.1) is 0 Å². The van der Waals surface area contributed by atoms with Gasteiger partial charge in [0.05, 0.1) is 18.6 Å². The van der Waals surface area contributed by atoms with Gasteiger partial charge in [0.1, 0.15) is 11.8 Å². The molecule has 1 fully saturated rings. The topological polar surface area (TPSA) is 53.4 Å². The van der Waals surface area contributed by atoms with Crippen LogP contribution >= 0.6 is 0 Å². The molecule has 1 aliphatic carbocycles. The Kier molecular flexibility index (Phi) is 3.78. The standard InChI is InChI=1S/C12H18N2O3/c1-14-8-13-7-11(14)12(15)17-10-5-3-4-9(6-10)16-2/h7-10H,3-6H2,1-2H3/t9-,10-/m1/s1. The van der Waals surface area contributed by atoms with Crippen LogP contribution in [0.1, 0.15) is 36.2 Å². The Bertz CT molecular complexity index is 389. The van der Waals surface area contributed by atoms with Crippen LogP contribution in [0.2, 0.25) is 0 Å². The maximum absolute atomic E-state index is 11.9. The van der Waals surface area contributed by atoms with E-state index in [-0.39, 0.29) is 18.2 Å². The third kappa shape index (κ3) is 2.85. The van der Waals surface area contributed by atoms with Crippen LogP contribution in [0.15, 0.2) is 12.5 Å². The van der Waals surface area contributed by atoms with E-state index in [4.69, 9.17) is 9.47 Å². The first-order valence-corrected chi connectivity index (χ1v) is 5.90. The molecule has 0 saturated heterocycles. The fourth-order valence-corrected chi connectivity index (χ4v) is 2.19. The summed E-state index contributed by atoms with van der Waals surface area (Å²) in [6.45, 7) is 0. The summed E-state index contributed by atoms with van der Waals surface area (Å²) in [6.07, 6.45) is 7.11. The molecule has 5 heteroatoms. The van der Waals surface area contributed by atoms with E-state index in [2.05, 4.69) is 4.98 Å². The Morgan fingerprint density at radius 2 is 2.24 bits per heavy atom. The Hall–Kier alpha value is -1.36. The highest BCUT2D eigenvalue weighted by Gasteiger charge is 2.25. The van der Waals surface area contributed by atoms with Crippen molar-refractivity contribution in [2.24, 2.45) is 7.05 Å². The van der Waals surface area contributed by atoms with Crippen LogP contribution in [-0.2, 0) is 16.5 Å². The maximum atomic E-state index is 11.9. The molecule has 0 amide bonds. The Labute approximate surface area is 101 Å². The summed E-state index contributed by atoms with van der Waals surface area (Å²) in [6, 6.07) is 0. The second-order valence-electron chi connectivity index (χ2n) is 4.44. The molecule has 17 heavy (non-hydrogen) atoms. The molecule has 0 radical (unpaired) electrons. The van der Waals surface area contributed by atoms with Crippen LogP contribution in [0.4, 0.5) is 0 Å². The van der Waals surface area contributed by atoms with Crippen molar-refractivity contribution in [2.45, 2.75) is 37.9 Å². The lowest BCUT2D eigenvalue weighted by Crippen LogP contribution is -2.29. The second kappa shape index (κ2) is 5.31. The van der Waals surface area contributed by atoms with Crippen molar-refractivity contribution in [1.82, 2.24) is 9.55 Å². The van der Waals surface area contributed by atoms with Crippen molar-refractivity contribution in [1.29, 1.82) is 0 Å². The van der Waals surface area contributed by atoms with Gasteiger partial charge in [0, 0.05) is 20.6 Å². The van der Waals surface area contributed by atoms with E-state index in [1.54, 1.807) is 25.1 Å². The fourth-order valence-electron chi connectivity index (χ4n) is 2.19. The molecule has 1 heterocycles. The predicted molar refractivity (Wildman–Crippen MR) is 61.7 cm³/mol. The van der Waals surface area contributed by atoms with Crippen LogP contribution in [-0.4, -0.2) is 34.8 Å². The lowest BCUT2D eigenvalue weighted by molar-refractivity contribution is -0.0155. The van der Waals surface area contributed by atoms with E-state index in [1.165, 1.54) is 6.20 Å². The van der Waals surface area contributed by atoms with Gasteiger partial charge in [0.25, 0.3) is 0 Å². The average Bonchev–Trinajstić information content (AvgIpc) is 2.76. The van der Waals surface area contributed by atoms with Crippen molar-refractivity contribution in [3.8, 4) is 0 Å². The van der Waals surface area contributed by atoms with Gasteiger partial charge in [-0.3, -0.25) is 0 Å². The number of aryl methyl sites for hydroxylation is 1. The Morgan fingerprint density at radius 3 is 2.88 bits per heavy atom. The molecular weight excluding hydrogens is 220 g/mol. The monoisotopic (exact) mass is 238 g/mol. The molecule has 0 aliphatic heterocycles. The van der Waals surface area contributed by atoms with Gasteiger partial charge in [-0.1, -0.05) is 0 Å². The first kappa shape index (κ1) is 12.1. The van der Waals surface area contributed by atoms with Gasteiger partial charge in [-0.05, 0) is 19.3 Å². The zero-order valence-electron chi connectivity index (χ0n) is 10.3. The summed E-state index contributed by atoms with van der Waals surface area (Å²) in [5, 5.41) is 0. The molecule has 0 spiro atoms. The van der Waals surface area contributed by atoms with Crippen molar-refractivity contribution < 1.29 is 14.3 Å². The van der Waals surface area contributed by atoms with Gasteiger partial charge in [0.15, 0.2) is 0 Å². The smallest absolute Gasteiger partial charge is 0.356 e. The number of ether oxygens (including phenoxy) is 2. The number of aromatic nitrogens is 2. The molecule has 0 bridgehead atoms. The van der Waals surface area contributed by atoms with Crippen molar-refractivity contribution in [3.63, 3.8) is 0 Å². The molecule has 94 valence electrons. The molecule has 1 aliphatic rings. The Balaban J connectivity index is 1.93. The fraction of sp³-hybridized carbons (Fsp3) is 0.667. The highest BCUT2D eigenvalue weighted by atomic mass is 16.5.